The van der Waals surface area contributed by atoms with Gasteiger partial charge in [0.05, 0.1) is 6.10 Å². The van der Waals surface area contributed by atoms with Crippen molar-refractivity contribution in [3.8, 4) is 0 Å². The van der Waals surface area contributed by atoms with Gasteiger partial charge in [-0.1, -0.05) is 25.3 Å². The van der Waals surface area contributed by atoms with Gasteiger partial charge >= 0.3 is 0 Å². The Morgan fingerprint density at radius 3 is 2.84 bits per heavy atom. The highest BCUT2D eigenvalue weighted by Crippen LogP contribution is 2.20. The first-order valence-electron chi connectivity index (χ1n) is 9.41. The zero-order valence-electron chi connectivity index (χ0n) is 15.4. The molecular formula is C19H33IN4O. The lowest BCUT2D eigenvalue weighted by Gasteiger charge is -2.21. The number of hydrogen-bond donors (Lipinski definition) is 2. The molecule has 0 bridgehead atoms. The van der Waals surface area contributed by atoms with Crippen molar-refractivity contribution in [2.24, 2.45) is 4.99 Å². The highest BCUT2D eigenvalue weighted by atomic mass is 127. The van der Waals surface area contributed by atoms with Crippen molar-refractivity contribution in [1.29, 1.82) is 0 Å². The SMILES string of the molecule is CCNC(=NCCCOC1CCCCC1)NCCc1cccnc1.I. The van der Waals surface area contributed by atoms with Crippen molar-refractivity contribution in [1.82, 2.24) is 15.6 Å². The average molecular weight is 460 g/mol. The Bertz CT molecular complexity index is 464. The van der Waals surface area contributed by atoms with Crippen LogP contribution in [0.2, 0.25) is 0 Å². The number of nitrogens with zero attached hydrogens (tertiary/aromatic N) is 2. The first kappa shape index (κ1) is 22.2. The lowest BCUT2D eigenvalue weighted by Crippen LogP contribution is -2.38. The summed E-state index contributed by atoms with van der Waals surface area (Å²) in [4.78, 5) is 8.77. The fourth-order valence-corrected chi connectivity index (χ4v) is 2.95. The number of hydrogen-bond acceptors (Lipinski definition) is 3. The summed E-state index contributed by atoms with van der Waals surface area (Å²) in [5.74, 6) is 0.888. The highest BCUT2D eigenvalue weighted by Gasteiger charge is 2.12. The largest absolute Gasteiger partial charge is 0.378 e. The van der Waals surface area contributed by atoms with Crippen LogP contribution in [0.5, 0.6) is 0 Å². The standard InChI is InChI=1S/C19H32N4O.HI/c1-2-21-19(23-14-11-17-8-6-12-20-16-17)22-13-7-15-24-18-9-4-3-5-10-18;/h6,8,12,16,18H,2-5,7,9-11,13-15H2,1H3,(H2,21,22,23);1H. The van der Waals surface area contributed by atoms with Gasteiger partial charge in [0.2, 0.25) is 0 Å². The van der Waals surface area contributed by atoms with Crippen molar-refractivity contribution in [2.75, 3.05) is 26.2 Å². The van der Waals surface area contributed by atoms with Crippen molar-refractivity contribution in [3.63, 3.8) is 0 Å². The van der Waals surface area contributed by atoms with E-state index in [1.807, 2.05) is 12.3 Å². The molecule has 0 aromatic carbocycles. The summed E-state index contributed by atoms with van der Waals surface area (Å²) in [5, 5.41) is 6.67. The second kappa shape index (κ2) is 14.3. The van der Waals surface area contributed by atoms with Gasteiger partial charge in [0.15, 0.2) is 5.96 Å². The van der Waals surface area contributed by atoms with E-state index in [0.717, 1.165) is 45.0 Å². The van der Waals surface area contributed by atoms with Crippen LogP contribution in [0.3, 0.4) is 0 Å². The van der Waals surface area contributed by atoms with E-state index in [4.69, 9.17) is 4.74 Å². The number of pyridine rings is 1. The van der Waals surface area contributed by atoms with Gasteiger partial charge in [-0.25, -0.2) is 0 Å². The molecule has 1 fully saturated rings. The summed E-state index contributed by atoms with van der Waals surface area (Å²) in [6.07, 6.45) is 12.6. The van der Waals surface area contributed by atoms with E-state index in [1.54, 1.807) is 6.20 Å². The fraction of sp³-hybridized carbons (Fsp3) is 0.684. The Kier molecular flexibility index (Phi) is 12.7. The molecule has 0 amide bonds. The van der Waals surface area contributed by atoms with Crippen LogP contribution in [0.4, 0.5) is 0 Å². The maximum atomic E-state index is 5.95. The van der Waals surface area contributed by atoms with Gasteiger partial charge < -0.3 is 15.4 Å². The Morgan fingerprint density at radius 2 is 2.12 bits per heavy atom. The van der Waals surface area contributed by atoms with Gasteiger partial charge in [0, 0.05) is 38.6 Å². The van der Waals surface area contributed by atoms with E-state index >= 15 is 0 Å². The minimum absolute atomic E-state index is 0. The molecule has 1 aromatic heterocycles. The van der Waals surface area contributed by atoms with E-state index in [1.165, 1.54) is 37.7 Å². The van der Waals surface area contributed by atoms with E-state index in [9.17, 15) is 0 Å². The zero-order chi connectivity index (χ0) is 16.9. The van der Waals surface area contributed by atoms with E-state index in [0.29, 0.717) is 6.10 Å². The Hall–Kier alpha value is -0.890. The second-order valence-electron chi connectivity index (χ2n) is 6.28. The van der Waals surface area contributed by atoms with Crippen molar-refractivity contribution < 1.29 is 4.74 Å². The van der Waals surface area contributed by atoms with Crippen LogP contribution < -0.4 is 10.6 Å². The Morgan fingerprint density at radius 1 is 1.28 bits per heavy atom. The summed E-state index contributed by atoms with van der Waals surface area (Å²) >= 11 is 0. The molecule has 1 aromatic rings. The first-order chi connectivity index (χ1) is 11.9. The number of aliphatic imine (C=N–C) groups is 1. The molecule has 0 atom stereocenters. The molecule has 0 spiro atoms. The molecule has 2 rings (SSSR count). The Balaban J connectivity index is 0.00000312. The highest BCUT2D eigenvalue weighted by molar-refractivity contribution is 14.0. The van der Waals surface area contributed by atoms with Gasteiger partial charge in [-0.2, -0.15) is 0 Å². The summed E-state index contributed by atoms with van der Waals surface area (Å²) < 4.78 is 5.95. The molecule has 1 heterocycles. The molecule has 1 saturated carbocycles. The number of nitrogens with one attached hydrogen (secondary N) is 2. The van der Waals surface area contributed by atoms with Crippen LogP contribution in [-0.2, 0) is 11.2 Å². The predicted octanol–water partition coefficient (Wildman–Crippen LogP) is 3.54. The number of aromatic nitrogens is 1. The van der Waals surface area contributed by atoms with Crippen LogP contribution in [0.25, 0.3) is 0 Å². The van der Waals surface area contributed by atoms with Crippen LogP contribution in [0, 0.1) is 0 Å². The summed E-state index contributed by atoms with van der Waals surface area (Å²) in [6.45, 7) is 5.44. The van der Waals surface area contributed by atoms with E-state index in [-0.39, 0.29) is 24.0 Å². The number of guanidine groups is 1. The van der Waals surface area contributed by atoms with Crippen molar-refractivity contribution in [3.05, 3.63) is 30.1 Å². The molecule has 1 aliphatic carbocycles. The molecule has 25 heavy (non-hydrogen) atoms. The first-order valence-corrected chi connectivity index (χ1v) is 9.41. The summed E-state index contributed by atoms with van der Waals surface area (Å²) in [5.41, 5.74) is 1.24. The molecule has 0 aliphatic heterocycles. The number of halogens is 1. The van der Waals surface area contributed by atoms with E-state index < -0.39 is 0 Å². The molecule has 142 valence electrons. The van der Waals surface area contributed by atoms with Gasteiger partial charge in [0.1, 0.15) is 0 Å². The topological polar surface area (TPSA) is 58.5 Å². The molecular weight excluding hydrogens is 427 g/mol. The third-order valence-electron chi connectivity index (χ3n) is 4.25. The third kappa shape index (κ3) is 9.99. The van der Waals surface area contributed by atoms with Crippen LogP contribution in [0.15, 0.2) is 29.5 Å². The van der Waals surface area contributed by atoms with Gasteiger partial charge in [-0.05, 0) is 44.2 Å². The van der Waals surface area contributed by atoms with E-state index in [2.05, 4.69) is 33.6 Å². The number of rotatable bonds is 9. The van der Waals surface area contributed by atoms with Crippen LogP contribution >= 0.6 is 24.0 Å². The third-order valence-corrected chi connectivity index (χ3v) is 4.25. The summed E-state index contributed by atoms with van der Waals surface area (Å²) in [6, 6.07) is 4.07. The molecule has 1 aliphatic rings. The number of ether oxygens (including phenoxy) is 1. The lowest BCUT2D eigenvalue weighted by molar-refractivity contribution is 0.0281. The molecule has 0 unspecified atom stereocenters. The average Bonchev–Trinajstić information content (AvgIpc) is 2.63. The van der Waals surface area contributed by atoms with Crippen LogP contribution in [0.1, 0.15) is 51.0 Å². The maximum Gasteiger partial charge on any atom is 0.191 e. The smallest absolute Gasteiger partial charge is 0.191 e. The minimum Gasteiger partial charge on any atom is -0.378 e. The molecule has 6 heteroatoms. The Labute approximate surface area is 169 Å². The lowest BCUT2D eigenvalue weighted by atomic mass is 9.98. The van der Waals surface area contributed by atoms with Crippen molar-refractivity contribution in [2.45, 2.75) is 58.0 Å². The maximum absolute atomic E-state index is 5.95. The van der Waals surface area contributed by atoms with Gasteiger partial charge in [-0.15, -0.1) is 24.0 Å². The normalized spacial score (nSPS) is 15.5. The van der Waals surface area contributed by atoms with Gasteiger partial charge in [0.25, 0.3) is 0 Å². The summed E-state index contributed by atoms with van der Waals surface area (Å²) in [7, 11) is 0. The van der Waals surface area contributed by atoms with Crippen LogP contribution in [-0.4, -0.2) is 43.3 Å². The van der Waals surface area contributed by atoms with Crippen molar-refractivity contribution >= 4 is 29.9 Å². The quantitative estimate of drug-likeness (QED) is 0.256. The molecule has 2 N–H and O–H groups in total. The van der Waals surface area contributed by atoms with Gasteiger partial charge in [-0.3, -0.25) is 9.98 Å². The molecule has 0 saturated heterocycles. The molecule has 0 radical (unpaired) electrons. The fourth-order valence-electron chi connectivity index (χ4n) is 2.95. The zero-order valence-corrected chi connectivity index (χ0v) is 17.7. The minimum atomic E-state index is 0. The molecule has 5 nitrogen and oxygen atoms in total. The second-order valence-corrected chi connectivity index (χ2v) is 6.28. The predicted molar refractivity (Wildman–Crippen MR) is 115 cm³/mol. The monoisotopic (exact) mass is 460 g/mol.